The highest BCUT2D eigenvalue weighted by Crippen LogP contribution is 2.04. The van der Waals surface area contributed by atoms with Crippen LogP contribution < -0.4 is 5.48 Å². The summed E-state index contributed by atoms with van der Waals surface area (Å²) in [4.78, 5) is 15.5. The fourth-order valence-electron chi connectivity index (χ4n) is 0.890. The Morgan fingerprint density at radius 2 is 2.00 bits per heavy atom. The summed E-state index contributed by atoms with van der Waals surface area (Å²) in [7, 11) is 1.33. The fraction of sp³-hybridized carbons (Fsp3) is 0.875. The molecule has 0 aliphatic rings. The van der Waals surface area contributed by atoms with Crippen molar-refractivity contribution in [1.29, 1.82) is 0 Å². The van der Waals surface area contributed by atoms with E-state index in [4.69, 9.17) is 5.11 Å². The molecule has 0 rings (SSSR count). The van der Waals surface area contributed by atoms with Crippen LogP contribution in [0.3, 0.4) is 0 Å². The number of Topliss-reactive ketones (excluding diaryl/α,β-unsaturated/α-hetero) is 1. The Morgan fingerprint density at radius 1 is 1.43 bits per heavy atom. The Balaban J connectivity index is 4.03. The van der Waals surface area contributed by atoms with Crippen molar-refractivity contribution in [2.45, 2.75) is 31.7 Å². The standard InChI is InChI=1S/C8H17NO5/c1-3-5(10)7(12)8(13)6(11)4-9-14-2/h5,7-10,12-13H,3-4H2,1-2H3/t5?,7-,8+/m1/s1. The van der Waals surface area contributed by atoms with Gasteiger partial charge in [0.25, 0.3) is 0 Å². The summed E-state index contributed by atoms with van der Waals surface area (Å²) in [6.07, 6.45) is -3.88. The molecule has 0 radical (unpaired) electrons. The van der Waals surface area contributed by atoms with Gasteiger partial charge in [0.15, 0.2) is 5.78 Å². The molecule has 0 saturated carbocycles. The van der Waals surface area contributed by atoms with Crippen LogP contribution in [-0.2, 0) is 9.63 Å². The van der Waals surface area contributed by atoms with Crippen molar-refractivity contribution in [1.82, 2.24) is 5.48 Å². The van der Waals surface area contributed by atoms with E-state index < -0.39 is 24.1 Å². The monoisotopic (exact) mass is 207 g/mol. The van der Waals surface area contributed by atoms with Gasteiger partial charge in [0.1, 0.15) is 12.2 Å². The lowest BCUT2D eigenvalue weighted by atomic mass is 10.0. The normalized spacial score (nSPS) is 17.5. The lowest BCUT2D eigenvalue weighted by Gasteiger charge is -2.20. The van der Waals surface area contributed by atoms with Crippen LogP contribution in [0.25, 0.3) is 0 Å². The summed E-state index contributed by atoms with van der Waals surface area (Å²) in [5, 5.41) is 27.7. The van der Waals surface area contributed by atoms with Crippen LogP contribution in [-0.4, -0.2) is 53.1 Å². The van der Waals surface area contributed by atoms with Gasteiger partial charge >= 0.3 is 0 Å². The second kappa shape index (κ2) is 6.86. The van der Waals surface area contributed by atoms with Gasteiger partial charge in [-0.2, -0.15) is 5.48 Å². The number of carbonyl (C=O) groups excluding carboxylic acids is 1. The van der Waals surface area contributed by atoms with E-state index in [9.17, 15) is 15.0 Å². The summed E-state index contributed by atoms with van der Waals surface area (Å²) in [6.45, 7) is 1.42. The first-order valence-electron chi connectivity index (χ1n) is 4.37. The largest absolute Gasteiger partial charge is 0.390 e. The van der Waals surface area contributed by atoms with Gasteiger partial charge in [-0.1, -0.05) is 6.92 Å². The molecule has 6 nitrogen and oxygen atoms in total. The minimum Gasteiger partial charge on any atom is -0.390 e. The van der Waals surface area contributed by atoms with Crippen LogP contribution in [0.4, 0.5) is 0 Å². The molecule has 0 aliphatic heterocycles. The summed E-state index contributed by atoms with van der Waals surface area (Å²) in [5.74, 6) is -0.633. The summed E-state index contributed by atoms with van der Waals surface area (Å²) in [5.41, 5.74) is 2.24. The molecule has 0 aliphatic carbocycles. The predicted octanol–water partition coefficient (Wildman–Crippen LogP) is -1.80. The second-order valence-corrected chi connectivity index (χ2v) is 2.90. The van der Waals surface area contributed by atoms with Crippen LogP contribution in [0.2, 0.25) is 0 Å². The molecular weight excluding hydrogens is 190 g/mol. The topological polar surface area (TPSA) is 99.0 Å². The van der Waals surface area contributed by atoms with Gasteiger partial charge in [-0.15, -0.1) is 0 Å². The van der Waals surface area contributed by atoms with E-state index in [1.807, 2.05) is 0 Å². The average Bonchev–Trinajstić information content (AvgIpc) is 2.22. The van der Waals surface area contributed by atoms with Crippen LogP contribution in [0, 0.1) is 0 Å². The van der Waals surface area contributed by atoms with E-state index in [0.717, 1.165) is 0 Å². The van der Waals surface area contributed by atoms with Gasteiger partial charge in [-0.05, 0) is 6.42 Å². The highest BCUT2D eigenvalue weighted by atomic mass is 16.6. The van der Waals surface area contributed by atoms with Crippen molar-refractivity contribution in [3.63, 3.8) is 0 Å². The van der Waals surface area contributed by atoms with Crippen LogP contribution in [0.15, 0.2) is 0 Å². The van der Waals surface area contributed by atoms with Crippen LogP contribution in [0.1, 0.15) is 13.3 Å². The quantitative estimate of drug-likeness (QED) is 0.368. The minimum absolute atomic E-state index is 0.217. The molecule has 6 heteroatoms. The first-order valence-corrected chi connectivity index (χ1v) is 4.37. The first kappa shape index (κ1) is 13.5. The maximum atomic E-state index is 11.1. The zero-order valence-corrected chi connectivity index (χ0v) is 8.30. The zero-order valence-electron chi connectivity index (χ0n) is 8.30. The number of hydrogen-bond donors (Lipinski definition) is 4. The van der Waals surface area contributed by atoms with Gasteiger partial charge < -0.3 is 20.2 Å². The molecule has 0 bridgehead atoms. The molecule has 0 aromatic heterocycles. The van der Waals surface area contributed by atoms with Crippen molar-refractivity contribution in [3.05, 3.63) is 0 Å². The van der Waals surface area contributed by atoms with E-state index in [0.29, 0.717) is 0 Å². The molecule has 0 aromatic carbocycles. The Labute approximate surface area is 82.5 Å². The Hall–Kier alpha value is -0.530. The summed E-state index contributed by atoms with van der Waals surface area (Å²) in [6, 6.07) is 0. The molecular formula is C8H17NO5. The Kier molecular flexibility index (Phi) is 6.60. The smallest absolute Gasteiger partial charge is 0.180 e. The average molecular weight is 207 g/mol. The Morgan fingerprint density at radius 3 is 2.43 bits per heavy atom. The van der Waals surface area contributed by atoms with Gasteiger partial charge in [-0.3, -0.25) is 4.79 Å². The number of hydrogen-bond acceptors (Lipinski definition) is 6. The number of hydroxylamine groups is 1. The molecule has 3 atom stereocenters. The molecule has 1 unspecified atom stereocenters. The van der Waals surface area contributed by atoms with Crippen molar-refractivity contribution in [2.75, 3.05) is 13.7 Å². The first-order chi connectivity index (χ1) is 6.54. The summed E-state index contributed by atoms with van der Waals surface area (Å²) >= 11 is 0. The van der Waals surface area contributed by atoms with Gasteiger partial charge in [0.2, 0.25) is 0 Å². The number of carbonyl (C=O) groups is 1. The number of aliphatic hydroxyl groups excluding tert-OH is 3. The number of nitrogens with one attached hydrogen (secondary N) is 1. The lowest BCUT2D eigenvalue weighted by molar-refractivity contribution is -0.139. The third-order valence-corrected chi connectivity index (χ3v) is 1.86. The highest BCUT2D eigenvalue weighted by Gasteiger charge is 2.28. The number of aliphatic hydroxyl groups is 3. The van der Waals surface area contributed by atoms with E-state index >= 15 is 0 Å². The van der Waals surface area contributed by atoms with E-state index in [2.05, 4.69) is 10.3 Å². The molecule has 4 N–H and O–H groups in total. The number of rotatable bonds is 7. The molecule has 0 amide bonds. The SMILES string of the molecule is CCC(O)[C@@H](O)[C@@H](O)C(=O)CNOC. The minimum atomic E-state index is -1.59. The molecule has 14 heavy (non-hydrogen) atoms. The molecule has 84 valence electrons. The van der Waals surface area contributed by atoms with Crippen LogP contribution in [0.5, 0.6) is 0 Å². The van der Waals surface area contributed by atoms with Gasteiger partial charge in [-0.25, -0.2) is 0 Å². The molecule has 0 saturated heterocycles. The lowest BCUT2D eigenvalue weighted by Crippen LogP contribution is -2.45. The predicted molar refractivity (Wildman–Crippen MR) is 48.3 cm³/mol. The van der Waals surface area contributed by atoms with Gasteiger partial charge in [0.05, 0.1) is 19.8 Å². The van der Waals surface area contributed by atoms with Crippen molar-refractivity contribution in [2.24, 2.45) is 0 Å². The third-order valence-electron chi connectivity index (χ3n) is 1.86. The molecule has 0 heterocycles. The number of ketones is 1. The van der Waals surface area contributed by atoms with E-state index in [1.165, 1.54) is 7.11 Å². The van der Waals surface area contributed by atoms with Gasteiger partial charge in [0, 0.05) is 0 Å². The maximum absolute atomic E-state index is 11.1. The molecule has 0 aromatic rings. The van der Waals surface area contributed by atoms with Crippen molar-refractivity contribution >= 4 is 5.78 Å². The molecule has 0 spiro atoms. The highest BCUT2D eigenvalue weighted by molar-refractivity contribution is 5.85. The third kappa shape index (κ3) is 4.12. The van der Waals surface area contributed by atoms with Crippen LogP contribution >= 0.6 is 0 Å². The second-order valence-electron chi connectivity index (χ2n) is 2.90. The summed E-state index contributed by atoms with van der Waals surface area (Å²) < 4.78 is 0. The fourth-order valence-corrected chi connectivity index (χ4v) is 0.890. The zero-order chi connectivity index (χ0) is 11.1. The van der Waals surface area contributed by atoms with Crippen molar-refractivity contribution < 1.29 is 25.0 Å². The van der Waals surface area contributed by atoms with E-state index in [-0.39, 0.29) is 13.0 Å². The maximum Gasteiger partial charge on any atom is 0.180 e. The Bertz CT molecular complexity index is 175. The molecule has 0 fully saturated rings. The van der Waals surface area contributed by atoms with Crippen molar-refractivity contribution in [3.8, 4) is 0 Å². The van der Waals surface area contributed by atoms with E-state index in [1.54, 1.807) is 6.92 Å².